The smallest absolute Gasteiger partial charge is 0.264 e. The van der Waals surface area contributed by atoms with E-state index in [-0.39, 0.29) is 28.1 Å². The third-order valence-electron chi connectivity index (χ3n) is 5.05. The third-order valence-corrected chi connectivity index (χ3v) is 8.23. The maximum absolute atomic E-state index is 13.3. The average Bonchev–Trinajstić information content (AvgIpc) is 2.82. The Morgan fingerprint density at radius 3 is 2.36 bits per heavy atom. The second kappa shape index (κ2) is 12.1. The fourth-order valence-corrected chi connectivity index (χ4v) is 6.00. The lowest BCUT2D eigenvalue weighted by molar-refractivity contribution is -0.119. The third kappa shape index (κ3) is 7.00. The average molecular weight is 503 g/mol. The Hall–Kier alpha value is -2.48. The van der Waals surface area contributed by atoms with Crippen LogP contribution in [-0.2, 0) is 20.6 Å². The molecule has 0 aliphatic heterocycles. The number of hydrogen-bond donors (Lipinski definition) is 1. The number of nitrogens with one attached hydrogen (secondary N) is 1. The Morgan fingerprint density at radius 1 is 0.970 bits per heavy atom. The molecule has 0 spiro atoms. The molecule has 5 nitrogen and oxygen atoms in total. The molecule has 174 valence electrons. The van der Waals surface area contributed by atoms with Gasteiger partial charge in [0, 0.05) is 12.3 Å². The molecule has 1 amide bonds. The van der Waals surface area contributed by atoms with Crippen LogP contribution in [0.1, 0.15) is 17.5 Å². The van der Waals surface area contributed by atoms with E-state index in [1.807, 2.05) is 23.9 Å². The van der Waals surface area contributed by atoms with Crippen LogP contribution >= 0.6 is 23.4 Å². The van der Waals surface area contributed by atoms with E-state index in [2.05, 4.69) is 24.4 Å². The van der Waals surface area contributed by atoms with Crippen molar-refractivity contribution in [3.8, 4) is 0 Å². The fourth-order valence-electron chi connectivity index (χ4n) is 3.22. The van der Waals surface area contributed by atoms with Gasteiger partial charge < -0.3 is 5.32 Å². The number of hydrogen-bond acceptors (Lipinski definition) is 4. The summed E-state index contributed by atoms with van der Waals surface area (Å²) in [6.45, 7) is 2.23. The minimum Gasteiger partial charge on any atom is -0.354 e. The van der Waals surface area contributed by atoms with Crippen molar-refractivity contribution in [3.05, 3.63) is 95.0 Å². The molecule has 3 aromatic carbocycles. The summed E-state index contributed by atoms with van der Waals surface area (Å²) in [5.41, 5.74) is 2.86. The number of sulfonamides is 1. The first kappa shape index (κ1) is 25.1. The predicted octanol–water partition coefficient (Wildman–Crippen LogP) is 5.28. The molecular weight excluding hydrogens is 476 g/mol. The van der Waals surface area contributed by atoms with Crippen LogP contribution in [0.25, 0.3) is 0 Å². The molecule has 0 aromatic heterocycles. The summed E-state index contributed by atoms with van der Waals surface area (Å²) in [7, 11) is -3.96. The summed E-state index contributed by atoms with van der Waals surface area (Å²) in [4.78, 5) is 12.7. The van der Waals surface area contributed by atoms with Crippen LogP contribution in [-0.4, -0.2) is 33.2 Å². The number of para-hydroxylation sites is 1. The van der Waals surface area contributed by atoms with Crippen LogP contribution in [0.2, 0.25) is 5.02 Å². The number of nitrogens with zero attached hydrogens (tertiary/aromatic N) is 1. The summed E-state index contributed by atoms with van der Waals surface area (Å²) in [5, 5.41) is 3.10. The molecule has 0 aliphatic carbocycles. The van der Waals surface area contributed by atoms with Crippen molar-refractivity contribution in [1.82, 2.24) is 5.32 Å². The van der Waals surface area contributed by atoms with Crippen molar-refractivity contribution >= 4 is 45.0 Å². The summed E-state index contributed by atoms with van der Waals surface area (Å²) < 4.78 is 27.6. The molecule has 0 aliphatic rings. The molecule has 0 bridgehead atoms. The molecule has 1 N–H and O–H groups in total. The van der Waals surface area contributed by atoms with Crippen molar-refractivity contribution < 1.29 is 13.2 Å². The van der Waals surface area contributed by atoms with Gasteiger partial charge in [-0.2, -0.15) is 11.8 Å². The number of rotatable bonds is 11. The molecular formula is C25H27ClN2O3S2. The summed E-state index contributed by atoms with van der Waals surface area (Å²) in [5.74, 6) is 1.44. The quantitative estimate of drug-likeness (QED) is 0.362. The van der Waals surface area contributed by atoms with Gasteiger partial charge in [-0.1, -0.05) is 66.2 Å². The molecule has 0 heterocycles. The van der Waals surface area contributed by atoms with Crippen LogP contribution in [0.5, 0.6) is 0 Å². The molecule has 0 atom stereocenters. The molecule has 0 fully saturated rings. The minimum atomic E-state index is -3.96. The molecule has 33 heavy (non-hydrogen) atoms. The summed E-state index contributed by atoms with van der Waals surface area (Å²) in [6.07, 6.45) is 0.791. The molecule has 3 rings (SSSR count). The Morgan fingerprint density at radius 2 is 1.64 bits per heavy atom. The number of halogens is 1. The molecule has 0 saturated heterocycles. The van der Waals surface area contributed by atoms with Gasteiger partial charge in [0.25, 0.3) is 10.0 Å². The van der Waals surface area contributed by atoms with Gasteiger partial charge in [0.05, 0.1) is 15.6 Å². The van der Waals surface area contributed by atoms with E-state index in [0.29, 0.717) is 6.54 Å². The minimum absolute atomic E-state index is 0.102. The number of aryl methyl sites for hydroxylation is 1. The van der Waals surface area contributed by atoms with E-state index in [0.717, 1.165) is 22.2 Å². The first-order chi connectivity index (χ1) is 15.9. The van der Waals surface area contributed by atoms with Crippen LogP contribution < -0.4 is 9.62 Å². The van der Waals surface area contributed by atoms with Crippen molar-refractivity contribution in [2.45, 2.75) is 24.0 Å². The summed E-state index contributed by atoms with van der Waals surface area (Å²) >= 11 is 8.09. The lowest BCUT2D eigenvalue weighted by atomic mass is 10.1. The van der Waals surface area contributed by atoms with E-state index in [4.69, 9.17) is 11.6 Å². The molecule has 3 aromatic rings. The highest BCUT2D eigenvalue weighted by Crippen LogP contribution is 2.30. The van der Waals surface area contributed by atoms with Gasteiger partial charge in [-0.25, -0.2) is 8.42 Å². The highest BCUT2D eigenvalue weighted by molar-refractivity contribution is 7.98. The topological polar surface area (TPSA) is 66.5 Å². The van der Waals surface area contributed by atoms with Gasteiger partial charge in [0.15, 0.2) is 0 Å². The number of carbonyl (C=O) groups excluding carboxylic acids is 1. The second-order valence-electron chi connectivity index (χ2n) is 7.46. The van der Waals surface area contributed by atoms with Gasteiger partial charge in [-0.3, -0.25) is 9.10 Å². The van der Waals surface area contributed by atoms with Gasteiger partial charge >= 0.3 is 0 Å². The molecule has 0 radical (unpaired) electrons. The molecule has 8 heteroatoms. The largest absolute Gasteiger partial charge is 0.354 e. The molecule has 0 unspecified atom stereocenters. The number of carbonyl (C=O) groups is 1. The zero-order chi connectivity index (χ0) is 23.7. The van der Waals surface area contributed by atoms with E-state index >= 15 is 0 Å². The van der Waals surface area contributed by atoms with Crippen molar-refractivity contribution in [2.24, 2.45) is 0 Å². The van der Waals surface area contributed by atoms with Gasteiger partial charge in [0.1, 0.15) is 6.54 Å². The maximum Gasteiger partial charge on any atom is 0.264 e. The van der Waals surface area contributed by atoms with Gasteiger partial charge in [0.2, 0.25) is 5.91 Å². The van der Waals surface area contributed by atoms with Crippen molar-refractivity contribution in [1.29, 1.82) is 0 Å². The van der Waals surface area contributed by atoms with E-state index in [9.17, 15) is 13.2 Å². The van der Waals surface area contributed by atoms with Crippen LogP contribution in [0.4, 0.5) is 5.69 Å². The Balaban J connectivity index is 1.58. The van der Waals surface area contributed by atoms with Crippen LogP contribution in [0.15, 0.2) is 83.8 Å². The van der Waals surface area contributed by atoms with E-state index < -0.39 is 10.0 Å². The first-order valence-corrected chi connectivity index (χ1v) is 13.6. The van der Waals surface area contributed by atoms with Gasteiger partial charge in [-0.05, 0) is 54.5 Å². The second-order valence-corrected chi connectivity index (χ2v) is 10.8. The number of amides is 1. The van der Waals surface area contributed by atoms with E-state index in [1.165, 1.54) is 23.3 Å². The number of thioether (sulfide) groups is 1. The normalized spacial score (nSPS) is 11.2. The first-order valence-electron chi connectivity index (χ1n) is 10.6. The Labute approximate surface area is 205 Å². The number of benzene rings is 3. The Kier molecular flexibility index (Phi) is 9.23. The van der Waals surface area contributed by atoms with Crippen molar-refractivity contribution in [3.63, 3.8) is 0 Å². The Bertz CT molecular complexity index is 1170. The highest BCUT2D eigenvalue weighted by Gasteiger charge is 2.28. The fraction of sp³-hybridized carbons (Fsp3) is 0.240. The SMILES string of the molecule is Cc1ccccc1CSCCCNC(=O)CN(c1ccccc1Cl)S(=O)(=O)c1ccccc1. The maximum atomic E-state index is 13.3. The number of anilines is 1. The zero-order valence-corrected chi connectivity index (χ0v) is 20.8. The lowest BCUT2D eigenvalue weighted by Gasteiger charge is -2.25. The van der Waals surface area contributed by atoms with Crippen LogP contribution in [0.3, 0.4) is 0 Å². The lowest BCUT2D eigenvalue weighted by Crippen LogP contribution is -2.41. The van der Waals surface area contributed by atoms with Gasteiger partial charge in [-0.15, -0.1) is 0 Å². The monoisotopic (exact) mass is 502 g/mol. The van der Waals surface area contributed by atoms with Crippen LogP contribution in [0, 0.1) is 6.92 Å². The predicted molar refractivity (Wildman–Crippen MR) is 137 cm³/mol. The molecule has 0 saturated carbocycles. The van der Waals surface area contributed by atoms with E-state index in [1.54, 1.807) is 42.5 Å². The zero-order valence-electron chi connectivity index (χ0n) is 18.4. The standard InChI is InChI=1S/C25H27ClN2O3S2/c1-20-10-5-6-11-21(20)19-32-17-9-16-27-25(29)18-28(24-15-8-7-14-23(24)26)33(30,31)22-12-3-2-4-13-22/h2-8,10-15H,9,16-19H2,1H3,(H,27,29). The van der Waals surface area contributed by atoms with Crippen molar-refractivity contribution in [2.75, 3.05) is 23.1 Å². The highest BCUT2D eigenvalue weighted by atomic mass is 35.5. The summed E-state index contributed by atoms with van der Waals surface area (Å²) in [6, 6.07) is 22.9.